The van der Waals surface area contributed by atoms with Gasteiger partial charge >= 0.3 is 6.03 Å². The van der Waals surface area contributed by atoms with E-state index < -0.39 is 0 Å². The van der Waals surface area contributed by atoms with E-state index in [0.717, 1.165) is 18.7 Å². The molecule has 6 nitrogen and oxygen atoms in total. The van der Waals surface area contributed by atoms with E-state index in [1.807, 2.05) is 30.0 Å². The van der Waals surface area contributed by atoms with Crippen LogP contribution < -0.4 is 10.2 Å². The maximum Gasteiger partial charge on any atom is 0.318 e. The summed E-state index contributed by atoms with van der Waals surface area (Å²) < 4.78 is 0. The van der Waals surface area contributed by atoms with Crippen LogP contribution in [0.15, 0.2) is 36.5 Å². The third kappa shape index (κ3) is 3.90. The lowest BCUT2D eigenvalue weighted by Crippen LogP contribution is -2.47. The average Bonchev–Trinajstić information content (AvgIpc) is 2.76. The summed E-state index contributed by atoms with van der Waals surface area (Å²) in [7, 11) is 2.09. The number of amides is 2. The lowest BCUT2D eigenvalue weighted by molar-refractivity contribution is 0.171. The fourth-order valence-corrected chi connectivity index (χ4v) is 3.30. The van der Waals surface area contributed by atoms with Gasteiger partial charge in [-0.3, -0.25) is 0 Å². The van der Waals surface area contributed by atoms with E-state index in [4.69, 9.17) is 0 Å². The highest BCUT2D eigenvalue weighted by Gasteiger charge is 2.28. The number of carbonyl (C=O) groups excluding carboxylic acids is 1. The third-order valence-corrected chi connectivity index (χ3v) is 4.66. The SMILES string of the molecule is CCC1CN(C)c2ccccc2CN1C(=O)NCc1ccnc(C)n1. The van der Waals surface area contributed by atoms with Crippen LogP contribution in [0.3, 0.4) is 0 Å². The summed E-state index contributed by atoms with van der Waals surface area (Å²) in [5, 5.41) is 3.01. The van der Waals surface area contributed by atoms with Crippen LogP contribution in [0.5, 0.6) is 0 Å². The second kappa shape index (κ2) is 7.51. The monoisotopic (exact) mass is 339 g/mol. The Morgan fingerprint density at radius 3 is 2.88 bits per heavy atom. The van der Waals surface area contributed by atoms with E-state index in [0.29, 0.717) is 18.9 Å². The second-order valence-electron chi connectivity index (χ2n) is 6.45. The molecule has 1 aromatic heterocycles. The largest absolute Gasteiger partial charge is 0.372 e. The molecule has 1 aliphatic heterocycles. The average molecular weight is 339 g/mol. The van der Waals surface area contributed by atoms with Crippen molar-refractivity contribution in [2.24, 2.45) is 0 Å². The van der Waals surface area contributed by atoms with Crippen LogP contribution in [-0.2, 0) is 13.1 Å². The minimum Gasteiger partial charge on any atom is -0.372 e. The van der Waals surface area contributed by atoms with Crippen molar-refractivity contribution in [1.82, 2.24) is 20.2 Å². The zero-order valence-electron chi connectivity index (χ0n) is 15.1. The number of para-hydroxylation sites is 1. The molecule has 0 aliphatic carbocycles. The predicted octanol–water partition coefficient (Wildman–Crippen LogP) is 2.73. The molecule has 1 aromatic carbocycles. The zero-order chi connectivity index (χ0) is 17.8. The number of urea groups is 1. The van der Waals surface area contributed by atoms with Crippen LogP contribution >= 0.6 is 0 Å². The van der Waals surface area contributed by atoms with Gasteiger partial charge < -0.3 is 15.1 Å². The first-order valence-electron chi connectivity index (χ1n) is 8.70. The molecule has 0 bridgehead atoms. The molecule has 0 radical (unpaired) electrons. The maximum atomic E-state index is 12.8. The Kier molecular flexibility index (Phi) is 5.16. The van der Waals surface area contributed by atoms with Crippen LogP contribution in [0.1, 0.15) is 30.4 Å². The number of rotatable bonds is 3. The van der Waals surface area contributed by atoms with Gasteiger partial charge in [0.25, 0.3) is 0 Å². The quantitative estimate of drug-likeness (QED) is 0.934. The molecular weight excluding hydrogens is 314 g/mol. The highest BCUT2D eigenvalue weighted by atomic mass is 16.2. The highest BCUT2D eigenvalue weighted by Crippen LogP contribution is 2.27. The van der Waals surface area contributed by atoms with Gasteiger partial charge in [0, 0.05) is 32.0 Å². The summed E-state index contributed by atoms with van der Waals surface area (Å²) in [6.45, 7) is 5.83. The number of carbonyl (C=O) groups is 1. The Morgan fingerprint density at radius 1 is 1.32 bits per heavy atom. The first-order chi connectivity index (χ1) is 12.1. The van der Waals surface area contributed by atoms with E-state index in [-0.39, 0.29) is 12.1 Å². The molecule has 2 amide bonds. The van der Waals surface area contributed by atoms with Crippen molar-refractivity contribution in [3.05, 3.63) is 53.6 Å². The number of anilines is 1. The third-order valence-electron chi connectivity index (χ3n) is 4.66. The maximum absolute atomic E-state index is 12.8. The predicted molar refractivity (Wildman–Crippen MR) is 98.3 cm³/mol. The van der Waals surface area contributed by atoms with Gasteiger partial charge in [-0.15, -0.1) is 0 Å². The molecule has 25 heavy (non-hydrogen) atoms. The summed E-state index contributed by atoms with van der Waals surface area (Å²) in [5.41, 5.74) is 3.19. The van der Waals surface area contributed by atoms with Crippen molar-refractivity contribution < 1.29 is 4.79 Å². The Labute approximate surface area is 148 Å². The minimum absolute atomic E-state index is 0.0479. The number of aryl methyl sites for hydroxylation is 1. The topological polar surface area (TPSA) is 61.4 Å². The number of nitrogens with one attached hydrogen (secondary N) is 1. The van der Waals surface area contributed by atoms with Crippen molar-refractivity contribution in [1.29, 1.82) is 0 Å². The van der Waals surface area contributed by atoms with E-state index >= 15 is 0 Å². The second-order valence-corrected chi connectivity index (χ2v) is 6.45. The van der Waals surface area contributed by atoms with E-state index in [1.54, 1.807) is 6.20 Å². The van der Waals surface area contributed by atoms with Gasteiger partial charge in [0.15, 0.2) is 0 Å². The Hall–Kier alpha value is -2.63. The van der Waals surface area contributed by atoms with Crippen molar-refractivity contribution in [2.75, 3.05) is 18.5 Å². The van der Waals surface area contributed by atoms with Gasteiger partial charge in [-0.05, 0) is 31.0 Å². The highest BCUT2D eigenvalue weighted by molar-refractivity contribution is 5.75. The van der Waals surface area contributed by atoms with Gasteiger partial charge in [-0.25, -0.2) is 14.8 Å². The van der Waals surface area contributed by atoms with E-state index in [1.165, 1.54) is 11.3 Å². The molecule has 132 valence electrons. The number of hydrogen-bond donors (Lipinski definition) is 1. The molecule has 6 heteroatoms. The van der Waals surface area contributed by atoms with Crippen LogP contribution in [0.25, 0.3) is 0 Å². The molecule has 0 spiro atoms. The molecule has 0 saturated carbocycles. The Bertz CT molecular complexity index is 748. The van der Waals surface area contributed by atoms with Crippen molar-refractivity contribution in [3.8, 4) is 0 Å². The van der Waals surface area contributed by atoms with Crippen LogP contribution in [0, 0.1) is 6.92 Å². The smallest absolute Gasteiger partial charge is 0.318 e. The molecule has 2 heterocycles. The van der Waals surface area contributed by atoms with Crippen molar-refractivity contribution in [2.45, 2.75) is 39.4 Å². The molecular formula is C19H25N5O. The number of likely N-dealkylation sites (N-methyl/N-ethyl adjacent to an activating group) is 1. The summed E-state index contributed by atoms with van der Waals surface area (Å²) in [6.07, 6.45) is 2.63. The lowest BCUT2D eigenvalue weighted by atomic mass is 10.1. The fourth-order valence-electron chi connectivity index (χ4n) is 3.30. The van der Waals surface area contributed by atoms with Crippen molar-refractivity contribution in [3.63, 3.8) is 0 Å². The minimum atomic E-state index is -0.0479. The number of aromatic nitrogens is 2. The number of benzene rings is 1. The lowest BCUT2D eigenvalue weighted by Gasteiger charge is -2.30. The summed E-state index contributed by atoms with van der Waals surface area (Å²) in [5.74, 6) is 0.712. The summed E-state index contributed by atoms with van der Waals surface area (Å²) in [6, 6.07) is 10.2. The number of fused-ring (bicyclic) bond motifs is 1. The van der Waals surface area contributed by atoms with Gasteiger partial charge in [0.1, 0.15) is 5.82 Å². The molecule has 1 aliphatic rings. The van der Waals surface area contributed by atoms with Crippen molar-refractivity contribution >= 4 is 11.7 Å². The summed E-state index contributed by atoms with van der Waals surface area (Å²) >= 11 is 0. The standard InChI is InChI=1S/C19H25N5O/c1-4-17-13-23(3)18-8-6-5-7-15(18)12-24(17)19(25)21-11-16-9-10-20-14(2)22-16/h5-10,17H,4,11-13H2,1-3H3,(H,21,25). The number of hydrogen-bond acceptors (Lipinski definition) is 4. The van der Waals surface area contributed by atoms with Gasteiger partial charge in [0.2, 0.25) is 0 Å². The number of nitrogens with zero attached hydrogens (tertiary/aromatic N) is 4. The molecule has 0 fully saturated rings. The normalized spacial score (nSPS) is 17.0. The fraction of sp³-hybridized carbons (Fsp3) is 0.421. The molecule has 1 atom stereocenters. The molecule has 3 rings (SSSR count). The van der Waals surface area contributed by atoms with Gasteiger partial charge in [-0.2, -0.15) is 0 Å². The van der Waals surface area contributed by atoms with Crippen LogP contribution in [-0.4, -0.2) is 40.5 Å². The molecule has 1 N–H and O–H groups in total. The van der Waals surface area contributed by atoms with E-state index in [9.17, 15) is 4.79 Å². The molecule has 1 unspecified atom stereocenters. The molecule has 0 saturated heterocycles. The van der Waals surface area contributed by atoms with Gasteiger partial charge in [0.05, 0.1) is 18.3 Å². The molecule has 2 aromatic rings. The first kappa shape index (κ1) is 17.2. The zero-order valence-corrected chi connectivity index (χ0v) is 15.1. The van der Waals surface area contributed by atoms with Crippen LogP contribution in [0.4, 0.5) is 10.5 Å². The Balaban J connectivity index is 1.75. The summed E-state index contributed by atoms with van der Waals surface area (Å²) in [4.78, 5) is 25.5. The van der Waals surface area contributed by atoms with E-state index in [2.05, 4.69) is 46.3 Å². The van der Waals surface area contributed by atoms with Crippen LogP contribution in [0.2, 0.25) is 0 Å². The first-order valence-corrected chi connectivity index (χ1v) is 8.70. The Morgan fingerprint density at radius 2 is 2.12 bits per heavy atom. The van der Waals surface area contributed by atoms with Gasteiger partial charge in [-0.1, -0.05) is 25.1 Å².